The highest BCUT2D eigenvalue weighted by Gasteiger charge is 2.31. The second-order valence-corrected chi connectivity index (χ2v) is 6.47. The van der Waals surface area contributed by atoms with Gasteiger partial charge in [0.05, 0.1) is 11.5 Å². The molecule has 0 N–H and O–H groups in total. The second-order valence-electron chi connectivity index (χ2n) is 6.47. The molecule has 132 valence electrons. The van der Waals surface area contributed by atoms with Crippen molar-refractivity contribution in [3.8, 4) is 11.3 Å². The number of halogens is 1. The largest absolute Gasteiger partial charge is 0.451 e. The van der Waals surface area contributed by atoms with Crippen molar-refractivity contribution in [1.82, 2.24) is 9.80 Å². The van der Waals surface area contributed by atoms with Gasteiger partial charge in [0.1, 0.15) is 11.6 Å². The van der Waals surface area contributed by atoms with Crippen molar-refractivity contribution in [1.29, 1.82) is 0 Å². The molecule has 1 saturated heterocycles. The molecule has 0 aliphatic carbocycles. The highest BCUT2D eigenvalue weighted by Crippen LogP contribution is 2.26. The number of benzene rings is 1. The predicted molar refractivity (Wildman–Crippen MR) is 91.4 cm³/mol. The summed E-state index contributed by atoms with van der Waals surface area (Å²) in [4.78, 5) is 28.0. The molecule has 0 unspecified atom stereocenters. The summed E-state index contributed by atoms with van der Waals surface area (Å²) in [5.41, 5.74) is 0.320. The lowest BCUT2D eigenvalue weighted by molar-refractivity contribution is -0.134. The first-order chi connectivity index (χ1) is 12.0. The van der Waals surface area contributed by atoms with E-state index in [1.165, 1.54) is 6.07 Å². The van der Waals surface area contributed by atoms with Crippen molar-refractivity contribution in [3.63, 3.8) is 0 Å². The lowest BCUT2D eigenvalue weighted by Gasteiger charge is -2.32. The Morgan fingerprint density at radius 2 is 1.96 bits per heavy atom. The lowest BCUT2D eigenvalue weighted by Crippen LogP contribution is -2.45. The van der Waals surface area contributed by atoms with Gasteiger partial charge in [-0.25, -0.2) is 4.39 Å². The molecule has 1 fully saturated rings. The van der Waals surface area contributed by atoms with Crippen LogP contribution in [-0.2, 0) is 4.79 Å². The topological polar surface area (TPSA) is 53.8 Å². The standard InChI is InChI=1S/C19H21FN2O3/c1-21(2)18(23)13-6-5-11-22(12-13)19(24)17-10-9-16(25-17)14-7-3-4-8-15(14)20/h3-4,7-10,13H,5-6,11-12H2,1-2H3/t13-/m1/s1. The van der Waals surface area contributed by atoms with Crippen LogP contribution in [0.3, 0.4) is 0 Å². The van der Waals surface area contributed by atoms with Crippen molar-refractivity contribution < 1.29 is 18.4 Å². The molecule has 5 nitrogen and oxygen atoms in total. The van der Waals surface area contributed by atoms with E-state index in [2.05, 4.69) is 0 Å². The molecular formula is C19H21FN2O3. The highest BCUT2D eigenvalue weighted by atomic mass is 19.1. The molecule has 1 aromatic heterocycles. The molecule has 1 aliphatic heterocycles. The van der Waals surface area contributed by atoms with E-state index in [4.69, 9.17) is 4.42 Å². The summed E-state index contributed by atoms with van der Waals surface area (Å²) < 4.78 is 19.4. The van der Waals surface area contributed by atoms with Crippen LogP contribution in [0.2, 0.25) is 0 Å². The summed E-state index contributed by atoms with van der Waals surface area (Å²) in [7, 11) is 3.44. The zero-order valence-electron chi connectivity index (χ0n) is 14.4. The zero-order valence-corrected chi connectivity index (χ0v) is 14.4. The van der Waals surface area contributed by atoms with E-state index in [-0.39, 0.29) is 23.5 Å². The number of nitrogens with zero attached hydrogens (tertiary/aromatic N) is 2. The Hall–Kier alpha value is -2.63. The van der Waals surface area contributed by atoms with Crippen LogP contribution in [0.4, 0.5) is 4.39 Å². The Balaban J connectivity index is 1.75. The highest BCUT2D eigenvalue weighted by molar-refractivity contribution is 5.92. The molecule has 2 aromatic rings. The summed E-state index contributed by atoms with van der Waals surface area (Å²) in [5.74, 6) is -0.336. The Morgan fingerprint density at radius 3 is 2.68 bits per heavy atom. The Labute approximate surface area is 146 Å². The third kappa shape index (κ3) is 3.57. The molecule has 2 amide bonds. The molecular weight excluding hydrogens is 323 g/mol. The second kappa shape index (κ2) is 7.09. The van der Waals surface area contributed by atoms with E-state index in [0.29, 0.717) is 24.4 Å². The normalized spacial score (nSPS) is 17.4. The number of likely N-dealkylation sites (tertiary alicyclic amines) is 1. The molecule has 0 bridgehead atoms. The molecule has 0 saturated carbocycles. The summed E-state index contributed by atoms with van der Waals surface area (Å²) in [6.07, 6.45) is 1.55. The summed E-state index contributed by atoms with van der Waals surface area (Å²) in [6, 6.07) is 9.42. The number of hydrogen-bond acceptors (Lipinski definition) is 3. The van der Waals surface area contributed by atoms with Crippen LogP contribution in [0.5, 0.6) is 0 Å². The van der Waals surface area contributed by atoms with Crippen molar-refractivity contribution in [2.24, 2.45) is 5.92 Å². The molecule has 3 rings (SSSR count). The van der Waals surface area contributed by atoms with Crippen LogP contribution in [0.15, 0.2) is 40.8 Å². The number of furan rings is 1. The quantitative estimate of drug-likeness (QED) is 0.860. The van der Waals surface area contributed by atoms with Gasteiger partial charge in [0.25, 0.3) is 5.91 Å². The fourth-order valence-corrected chi connectivity index (χ4v) is 3.14. The Morgan fingerprint density at radius 1 is 1.20 bits per heavy atom. The summed E-state index contributed by atoms with van der Waals surface area (Å²) in [5, 5.41) is 0. The summed E-state index contributed by atoms with van der Waals surface area (Å²) >= 11 is 0. The number of carbonyl (C=O) groups excluding carboxylic acids is 2. The van der Waals surface area contributed by atoms with Crippen LogP contribution in [-0.4, -0.2) is 48.8 Å². The predicted octanol–water partition coefficient (Wildman–Crippen LogP) is 3.03. The third-order valence-electron chi connectivity index (χ3n) is 4.45. The SMILES string of the molecule is CN(C)C(=O)[C@@H]1CCCN(C(=O)c2ccc(-c3ccccc3F)o2)C1. The van der Waals surface area contributed by atoms with E-state index < -0.39 is 5.82 Å². The minimum absolute atomic E-state index is 0.0315. The van der Waals surface area contributed by atoms with Gasteiger partial charge in [0.15, 0.2) is 5.76 Å². The summed E-state index contributed by atoms with van der Waals surface area (Å²) in [6.45, 7) is 0.970. The molecule has 1 atom stereocenters. The van der Waals surface area contributed by atoms with Crippen molar-refractivity contribution in [2.75, 3.05) is 27.2 Å². The Kier molecular flexibility index (Phi) is 4.88. The average molecular weight is 344 g/mol. The van der Waals surface area contributed by atoms with Crippen molar-refractivity contribution in [2.45, 2.75) is 12.8 Å². The van der Waals surface area contributed by atoms with Gasteiger partial charge in [0.2, 0.25) is 5.91 Å². The van der Waals surface area contributed by atoms with Crippen LogP contribution in [0.25, 0.3) is 11.3 Å². The Bertz CT molecular complexity index is 784. The fourth-order valence-electron chi connectivity index (χ4n) is 3.14. The van der Waals surface area contributed by atoms with Gasteiger partial charge in [-0.15, -0.1) is 0 Å². The first-order valence-electron chi connectivity index (χ1n) is 8.32. The number of rotatable bonds is 3. The van der Waals surface area contributed by atoms with Gasteiger partial charge in [-0.3, -0.25) is 9.59 Å². The van der Waals surface area contributed by atoms with Gasteiger partial charge in [0, 0.05) is 27.2 Å². The molecule has 2 heterocycles. The molecule has 25 heavy (non-hydrogen) atoms. The van der Waals surface area contributed by atoms with E-state index in [0.717, 1.165) is 12.8 Å². The minimum atomic E-state index is -0.398. The minimum Gasteiger partial charge on any atom is -0.451 e. The molecule has 0 spiro atoms. The smallest absolute Gasteiger partial charge is 0.289 e. The van der Waals surface area contributed by atoms with E-state index in [1.807, 2.05) is 0 Å². The van der Waals surface area contributed by atoms with Gasteiger partial charge in [-0.2, -0.15) is 0 Å². The maximum Gasteiger partial charge on any atom is 0.289 e. The number of amides is 2. The van der Waals surface area contributed by atoms with Crippen LogP contribution < -0.4 is 0 Å². The molecule has 0 radical (unpaired) electrons. The van der Waals surface area contributed by atoms with Gasteiger partial charge >= 0.3 is 0 Å². The van der Waals surface area contributed by atoms with Crippen molar-refractivity contribution >= 4 is 11.8 Å². The van der Waals surface area contributed by atoms with E-state index in [1.54, 1.807) is 54.2 Å². The monoisotopic (exact) mass is 344 g/mol. The first kappa shape index (κ1) is 17.2. The number of piperidine rings is 1. The van der Waals surface area contributed by atoms with Crippen LogP contribution in [0, 0.1) is 11.7 Å². The van der Waals surface area contributed by atoms with Crippen LogP contribution >= 0.6 is 0 Å². The number of carbonyl (C=O) groups is 2. The zero-order chi connectivity index (χ0) is 18.0. The van der Waals surface area contributed by atoms with Crippen molar-refractivity contribution in [3.05, 3.63) is 48.0 Å². The van der Waals surface area contributed by atoms with Crippen LogP contribution in [0.1, 0.15) is 23.4 Å². The molecule has 1 aliphatic rings. The van der Waals surface area contributed by atoms with Gasteiger partial charge < -0.3 is 14.2 Å². The van der Waals surface area contributed by atoms with E-state index in [9.17, 15) is 14.0 Å². The van der Waals surface area contributed by atoms with Gasteiger partial charge in [-0.1, -0.05) is 12.1 Å². The average Bonchev–Trinajstić information content (AvgIpc) is 3.10. The fraction of sp³-hybridized carbons (Fsp3) is 0.368. The molecule has 6 heteroatoms. The maximum atomic E-state index is 13.9. The van der Waals surface area contributed by atoms with E-state index >= 15 is 0 Å². The third-order valence-corrected chi connectivity index (χ3v) is 4.45. The number of hydrogen-bond donors (Lipinski definition) is 0. The van der Waals surface area contributed by atoms with Gasteiger partial charge in [-0.05, 0) is 37.1 Å². The maximum absolute atomic E-state index is 13.9. The lowest BCUT2D eigenvalue weighted by atomic mass is 9.96. The molecule has 1 aromatic carbocycles. The first-order valence-corrected chi connectivity index (χ1v) is 8.32.